The summed E-state index contributed by atoms with van der Waals surface area (Å²) in [7, 11) is 0. The van der Waals surface area contributed by atoms with Crippen molar-refractivity contribution in [2.24, 2.45) is 5.92 Å². The van der Waals surface area contributed by atoms with E-state index >= 15 is 0 Å². The van der Waals surface area contributed by atoms with E-state index in [1.165, 1.54) is 6.07 Å². The molecule has 1 aliphatic rings. The molecule has 0 saturated carbocycles. The SMILES string of the molecule is CC1CCC(CO)CN1c1ccc(C(F)(F)F)cn1. The lowest BCUT2D eigenvalue weighted by molar-refractivity contribution is -0.137. The van der Waals surface area contributed by atoms with Gasteiger partial charge in [-0.3, -0.25) is 0 Å². The number of aliphatic hydroxyl groups is 1. The molecule has 0 aliphatic carbocycles. The molecule has 2 unspecified atom stereocenters. The van der Waals surface area contributed by atoms with Crippen LogP contribution >= 0.6 is 0 Å². The van der Waals surface area contributed by atoms with Crippen molar-refractivity contribution >= 4 is 5.82 Å². The fourth-order valence-corrected chi connectivity index (χ4v) is 2.37. The van der Waals surface area contributed by atoms with E-state index < -0.39 is 11.7 Å². The van der Waals surface area contributed by atoms with E-state index in [1.807, 2.05) is 11.8 Å². The van der Waals surface area contributed by atoms with E-state index in [2.05, 4.69) is 4.98 Å². The summed E-state index contributed by atoms with van der Waals surface area (Å²) >= 11 is 0. The summed E-state index contributed by atoms with van der Waals surface area (Å²) in [5, 5.41) is 9.20. The fraction of sp³-hybridized carbons (Fsp3) is 0.615. The molecule has 6 heteroatoms. The number of piperidine rings is 1. The van der Waals surface area contributed by atoms with Gasteiger partial charge in [-0.1, -0.05) is 0 Å². The molecule has 106 valence electrons. The molecule has 0 amide bonds. The van der Waals surface area contributed by atoms with Crippen LogP contribution in [0.25, 0.3) is 0 Å². The lowest BCUT2D eigenvalue weighted by atomic mass is 9.94. The molecule has 1 aliphatic heterocycles. The lowest BCUT2D eigenvalue weighted by Gasteiger charge is -2.38. The van der Waals surface area contributed by atoms with Crippen LogP contribution in [0.15, 0.2) is 18.3 Å². The average Bonchev–Trinajstić information content (AvgIpc) is 2.38. The van der Waals surface area contributed by atoms with Gasteiger partial charge in [-0.25, -0.2) is 4.98 Å². The number of aliphatic hydroxyl groups excluding tert-OH is 1. The number of hydrogen-bond donors (Lipinski definition) is 1. The number of pyridine rings is 1. The Morgan fingerprint density at radius 2 is 2.11 bits per heavy atom. The molecule has 0 bridgehead atoms. The molecule has 0 spiro atoms. The predicted octanol–water partition coefficient (Wildman–Crippen LogP) is 2.70. The highest BCUT2D eigenvalue weighted by atomic mass is 19.4. The first-order valence-corrected chi connectivity index (χ1v) is 6.32. The number of hydrogen-bond acceptors (Lipinski definition) is 3. The normalized spacial score (nSPS) is 24.6. The number of anilines is 1. The van der Waals surface area contributed by atoms with Gasteiger partial charge in [0, 0.05) is 25.4 Å². The number of halogens is 3. The molecule has 1 aromatic rings. The van der Waals surface area contributed by atoms with E-state index in [4.69, 9.17) is 0 Å². The highest BCUT2D eigenvalue weighted by Crippen LogP contribution is 2.31. The van der Waals surface area contributed by atoms with Crippen LogP contribution in [0.2, 0.25) is 0 Å². The number of rotatable bonds is 2. The third kappa shape index (κ3) is 3.18. The van der Waals surface area contributed by atoms with E-state index in [9.17, 15) is 18.3 Å². The average molecular weight is 274 g/mol. The Morgan fingerprint density at radius 1 is 1.37 bits per heavy atom. The smallest absolute Gasteiger partial charge is 0.396 e. The Hall–Kier alpha value is -1.30. The maximum Gasteiger partial charge on any atom is 0.417 e. The Kier molecular flexibility index (Phi) is 3.99. The number of alkyl halides is 3. The van der Waals surface area contributed by atoms with Gasteiger partial charge < -0.3 is 10.0 Å². The standard InChI is InChI=1S/C13H17F3N2O/c1-9-2-3-10(8-19)7-18(9)12-5-4-11(6-17-12)13(14,15)16/h4-6,9-10,19H,2-3,7-8H2,1H3. The van der Waals surface area contributed by atoms with Crippen molar-refractivity contribution in [1.29, 1.82) is 0 Å². The Morgan fingerprint density at radius 3 is 2.63 bits per heavy atom. The van der Waals surface area contributed by atoms with Crippen molar-refractivity contribution in [3.63, 3.8) is 0 Å². The summed E-state index contributed by atoms with van der Waals surface area (Å²) in [6, 6.07) is 2.68. The molecule has 1 fully saturated rings. The van der Waals surface area contributed by atoms with Gasteiger partial charge in [-0.15, -0.1) is 0 Å². The first kappa shape index (κ1) is 14.1. The predicted molar refractivity (Wildman–Crippen MR) is 65.9 cm³/mol. The van der Waals surface area contributed by atoms with Gasteiger partial charge in [0.05, 0.1) is 5.56 Å². The van der Waals surface area contributed by atoms with Crippen LogP contribution in [0.5, 0.6) is 0 Å². The van der Waals surface area contributed by atoms with Gasteiger partial charge in [0.2, 0.25) is 0 Å². The number of nitrogens with zero attached hydrogens (tertiary/aromatic N) is 2. The minimum atomic E-state index is -4.35. The van der Waals surface area contributed by atoms with E-state index in [0.29, 0.717) is 12.4 Å². The summed E-state index contributed by atoms with van der Waals surface area (Å²) in [4.78, 5) is 5.88. The van der Waals surface area contributed by atoms with Crippen LogP contribution in [0.1, 0.15) is 25.3 Å². The quantitative estimate of drug-likeness (QED) is 0.900. The monoisotopic (exact) mass is 274 g/mol. The largest absolute Gasteiger partial charge is 0.417 e. The summed E-state index contributed by atoms with van der Waals surface area (Å²) in [6.07, 6.45) is -1.64. The molecule has 0 radical (unpaired) electrons. The molecule has 1 saturated heterocycles. The van der Waals surface area contributed by atoms with Crippen LogP contribution in [0, 0.1) is 5.92 Å². The molecule has 2 rings (SSSR count). The van der Waals surface area contributed by atoms with E-state index in [-0.39, 0.29) is 18.6 Å². The van der Waals surface area contributed by atoms with Gasteiger partial charge in [0.25, 0.3) is 0 Å². The van der Waals surface area contributed by atoms with Gasteiger partial charge >= 0.3 is 6.18 Å². The van der Waals surface area contributed by atoms with Crippen molar-refractivity contribution in [2.45, 2.75) is 32.0 Å². The van der Waals surface area contributed by atoms with Crippen LogP contribution in [-0.4, -0.2) is 29.3 Å². The lowest BCUT2D eigenvalue weighted by Crippen LogP contribution is -2.43. The molecule has 2 heterocycles. The second kappa shape index (κ2) is 5.36. The second-order valence-corrected chi connectivity index (χ2v) is 5.03. The topological polar surface area (TPSA) is 36.4 Å². The zero-order valence-corrected chi connectivity index (χ0v) is 10.7. The minimum absolute atomic E-state index is 0.101. The van der Waals surface area contributed by atoms with Crippen molar-refractivity contribution in [3.8, 4) is 0 Å². The zero-order chi connectivity index (χ0) is 14.0. The summed E-state index contributed by atoms with van der Waals surface area (Å²) < 4.78 is 37.4. The molecular weight excluding hydrogens is 257 g/mol. The minimum Gasteiger partial charge on any atom is -0.396 e. The molecule has 1 N–H and O–H groups in total. The van der Waals surface area contributed by atoms with Crippen LogP contribution in [0.3, 0.4) is 0 Å². The van der Waals surface area contributed by atoms with Gasteiger partial charge in [0.1, 0.15) is 5.82 Å². The third-order valence-corrected chi connectivity index (χ3v) is 3.61. The summed E-state index contributed by atoms with van der Waals surface area (Å²) in [5.74, 6) is 0.707. The van der Waals surface area contributed by atoms with Crippen molar-refractivity contribution in [3.05, 3.63) is 23.9 Å². The second-order valence-electron chi connectivity index (χ2n) is 5.03. The van der Waals surface area contributed by atoms with Gasteiger partial charge in [0.15, 0.2) is 0 Å². The highest BCUT2D eigenvalue weighted by Gasteiger charge is 2.31. The zero-order valence-electron chi connectivity index (χ0n) is 10.7. The van der Waals surface area contributed by atoms with Crippen molar-refractivity contribution in [2.75, 3.05) is 18.1 Å². The maximum atomic E-state index is 12.5. The van der Waals surface area contributed by atoms with Crippen molar-refractivity contribution < 1.29 is 18.3 Å². The summed E-state index contributed by atoms with van der Waals surface area (Å²) in [6.45, 7) is 2.76. The third-order valence-electron chi connectivity index (χ3n) is 3.61. The Bertz CT molecular complexity index is 419. The molecule has 3 nitrogen and oxygen atoms in total. The molecule has 1 aromatic heterocycles. The van der Waals surface area contributed by atoms with Crippen LogP contribution < -0.4 is 4.90 Å². The van der Waals surface area contributed by atoms with Gasteiger partial charge in [-0.2, -0.15) is 13.2 Å². The first-order valence-electron chi connectivity index (χ1n) is 6.32. The molecule has 19 heavy (non-hydrogen) atoms. The first-order chi connectivity index (χ1) is 8.91. The molecule has 0 aromatic carbocycles. The Labute approximate surface area is 110 Å². The number of aromatic nitrogens is 1. The fourth-order valence-electron chi connectivity index (χ4n) is 2.37. The van der Waals surface area contributed by atoms with Crippen LogP contribution in [-0.2, 0) is 6.18 Å². The van der Waals surface area contributed by atoms with E-state index in [1.54, 1.807) is 0 Å². The Balaban J connectivity index is 2.16. The van der Waals surface area contributed by atoms with E-state index in [0.717, 1.165) is 25.1 Å². The molecule has 2 atom stereocenters. The molecular formula is C13H17F3N2O. The van der Waals surface area contributed by atoms with Crippen molar-refractivity contribution in [1.82, 2.24) is 4.98 Å². The van der Waals surface area contributed by atoms with Gasteiger partial charge in [-0.05, 0) is 37.8 Å². The maximum absolute atomic E-state index is 12.5. The summed E-state index contributed by atoms with van der Waals surface area (Å²) in [5.41, 5.74) is -0.736. The highest BCUT2D eigenvalue weighted by molar-refractivity contribution is 5.41. The van der Waals surface area contributed by atoms with Crippen LogP contribution in [0.4, 0.5) is 19.0 Å².